The van der Waals surface area contributed by atoms with E-state index in [1.807, 2.05) is 18.2 Å². The number of hydrogen-bond donors (Lipinski definition) is 5. The lowest BCUT2D eigenvalue weighted by atomic mass is 10.1. The quantitative estimate of drug-likeness (QED) is 0.348. The van der Waals surface area contributed by atoms with Crippen molar-refractivity contribution in [2.75, 3.05) is 6.54 Å². The Balaban J connectivity index is 0.000000817. The van der Waals surface area contributed by atoms with Crippen molar-refractivity contribution in [1.82, 2.24) is 10.3 Å². The fourth-order valence-electron chi connectivity index (χ4n) is 2.36. The number of carboxylic acid groups (broad SMARTS) is 1. The minimum absolute atomic E-state index is 0.0245. The molecule has 3 aromatic rings. The minimum Gasteiger partial charge on any atom is -0.504 e. The third kappa shape index (κ3) is 5.16. The Morgan fingerprint density at radius 2 is 1.85 bits per heavy atom. The number of benzene rings is 2. The number of aliphatic hydroxyl groups excluding tert-OH is 1. The van der Waals surface area contributed by atoms with Gasteiger partial charge in [-0.15, -0.1) is 0 Å². The number of carbonyl (C=O) groups is 2. The molecule has 1 atom stereocenters. The number of phenolic OH excluding ortho intramolecular Hbond substituents is 2. The van der Waals surface area contributed by atoms with Crippen LogP contribution in [0.1, 0.15) is 22.0 Å². The summed E-state index contributed by atoms with van der Waals surface area (Å²) in [6.45, 7) is -0.275. The van der Waals surface area contributed by atoms with Gasteiger partial charge in [0.25, 0.3) is 12.4 Å². The predicted octanol–water partition coefficient (Wildman–Crippen LogP) is 1.81. The molecule has 0 saturated carbocycles. The van der Waals surface area contributed by atoms with Crippen LogP contribution in [0.4, 0.5) is 0 Å². The van der Waals surface area contributed by atoms with Crippen molar-refractivity contribution in [2.45, 2.75) is 6.10 Å². The van der Waals surface area contributed by atoms with E-state index in [9.17, 15) is 20.1 Å². The van der Waals surface area contributed by atoms with E-state index in [1.54, 1.807) is 18.3 Å². The summed E-state index contributed by atoms with van der Waals surface area (Å²) in [4.78, 5) is 24.8. The van der Waals surface area contributed by atoms with E-state index < -0.39 is 6.10 Å². The van der Waals surface area contributed by atoms with Gasteiger partial charge in [-0.05, 0) is 35.9 Å². The van der Waals surface area contributed by atoms with Gasteiger partial charge in [0.1, 0.15) is 0 Å². The summed E-state index contributed by atoms with van der Waals surface area (Å²) in [5.74, 6) is -0.915. The number of aliphatic hydroxyl groups is 1. The number of fused-ring (bicyclic) bond motifs is 1. The van der Waals surface area contributed by atoms with E-state index >= 15 is 0 Å². The summed E-state index contributed by atoms with van der Waals surface area (Å²) in [5, 5.41) is 39.3. The Kier molecular flexibility index (Phi) is 6.67. The second kappa shape index (κ2) is 9.16. The Labute approximate surface area is 154 Å². The van der Waals surface area contributed by atoms with Gasteiger partial charge in [0.15, 0.2) is 11.5 Å². The van der Waals surface area contributed by atoms with E-state index in [1.165, 1.54) is 18.2 Å². The van der Waals surface area contributed by atoms with Gasteiger partial charge in [-0.3, -0.25) is 14.6 Å². The molecule has 8 nitrogen and oxygen atoms in total. The number of rotatable bonds is 4. The van der Waals surface area contributed by atoms with Crippen LogP contribution in [0.5, 0.6) is 11.5 Å². The predicted molar refractivity (Wildman–Crippen MR) is 97.5 cm³/mol. The number of nitrogens with one attached hydrogen (secondary N) is 1. The zero-order chi connectivity index (χ0) is 19.8. The van der Waals surface area contributed by atoms with Gasteiger partial charge < -0.3 is 25.7 Å². The van der Waals surface area contributed by atoms with E-state index in [4.69, 9.17) is 9.90 Å². The van der Waals surface area contributed by atoms with Crippen molar-refractivity contribution in [3.05, 3.63) is 65.9 Å². The second-order valence-corrected chi connectivity index (χ2v) is 5.49. The van der Waals surface area contributed by atoms with Crippen LogP contribution < -0.4 is 5.32 Å². The Hall–Kier alpha value is -3.65. The van der Waals surface area contributed by atoms with Crippen molar-refractivity contribution >= 4 is 23.3 Å². The Bertz CT molecular complexity index is 944. The fraction of sp³-hybridized carbons (Fsp3) is 0.105. The Morgan fingerprint density at radius 3 is 2.56 bits per heavy atom. The lowest BCUT2D eigenvalue weighted by molar-refractivity contribution is -0.122. The average molecular weight is 370 g/mol. The zero-order valence-electron chi connectivity index (χ0n) is 14.1. The maximum atomic E-state index is 12.2. The van der Waals surface area contributed by atoms with Crippen LogP contribution in [0.2, 0.25) is 0 Å². The largest absolute Gasteiger partial charge is 0.504 e. The molecule has 2 aromatic carbocycles. The maximum absolute atomic E-state index is 12.2. The highest BCUT2D eigenvalue weighted by Gasteiger charge is 2.13. The molecular formula is C19H18N2O6. The normalized spacial score (nSPS) is 11.1. The van der Waals surface area contributed by atoms with Crippen molar-refractivity contribution in [1.29, 1.82) is 0 Å². The van der Waals surface area contributed by atoms with Gasteiger partial charge in [-0.2, -0.15) is 0 Å². The summed E-state index contributed by atoms with van der Waals surface area (Å²) in [6, 6.07) is 12.9. The first kappa shape index (κ1) is 19.7. The van der Waals surface area contributed by atoms with Gasteiger partial charge in [0.2, 0.25) is 0 Å². The van der Waals surface area contributed by atoms with Crippen LogP contribution >= 0.6 is 0 Å². The van der Waals surface area contributed by atoms with Crippen LogP contribution in [0.15, 0.2) is 54.7 Å². The molecule has 0 aliphatic carbocycles. The van der Waals surface area contributed by atoms with Gasteiger partial charge in [0.05, 0.1) is 11.6 Å². The standard InChI is InChI=1S/C18H16N2O4.CH2O2/c21-15-6-5-12(9-16(15)22)17(23)10-20-18(24)13-4-3-11-2-1-7-19-14(11)8-13;2-1-3/h1-9,17,21-23H,10H2,(H,20,24);1H,(H,2,3)/t17-;/m0./s1. The summed E-state index contributed by atoms with van der Waals surface area (Å²) < 4.78 is 0. The summed E-state index contributed by atoms with van der Waals surface area (Å²) in [6.07, 6.45) is 0.657. The molecule has 8 heteroatoms. The van der Waals surface area contributed by atoms with E-state index in [-0.39, 0.29) is 30.4 Å². The van der Waals surface area contributed by atoms with Crippen LogP contribution in [0.25, 0.3) is 10.9 Å². The van der Waals surface area contributed by atoms with E-state index in [0.29, 0.717) is 16.6 Å². The third-order valence-corrected chi connectivity index (χ3v) is 3.71. The molecule has 0 saturated heterocycles. The molecule has 0 spiro atoms. The van der Waals surface area contributed by atoms with E-state index in [0.717, 1.165) is 5.39 Å². The van der Waals surface area contributed by atoms with Gasteiger partial charge in [0, 0.05) is 23.7 Å². The molecule has 3 rings (SSSR count). The molecule has 140 valence electrons. The summed E-state index contributed by atoms with van der Waals surface area (Å²) in [5.41, 5.74) is 1.56. The highest BCUT2D eigenvalue weighted by Crippen LogP contribution is 2.27. The number of aromatic nitrogens is 1. The maximum Gasteiger partial charge on any atom is 0.290 e. The molecule has 0 fully saturated rings. The number of nitrogens with zero attached hydrogens (tertiary/aromatic N) is 1. The Morgan fingerprint density at radius 1 is 1.11 bits per heavy atom. The molecule has 0 unspecified atom stereocenters. The lowest BCUT2D eigenvalue weighted by Crippen LogP contribution is -2.28. The zero-order valence-corrected chi connectivity index (χ0v) is 14.1. The smallest absolute Gasteiger partial charge is 0.290 e. The number of pyridine rings is 1. The molecule has 0 radical (unpaired) electrons. The van der Waals surface area contributed by atoms with Gasteiger partial charge in [-0.25, -0.2) is 0 Å². The molecule has 1 aromatic heterocycles. The molecule has 0 bridgehead atoms. The number of phenols is 2. The second-order valence-electron chi connectivity index (χ2n) is 5.49. The lowest BCUT2D eigenvalue weighted by Gasteiger charge is -2.13. The molecule has 1 amide bonds. The first-order valence-electron chi connectivity index (χ1n) is 7.87. The van der Waals surface area contributed by atoms with Crippen molar-refractivity contribution < 1.29 is 30.0 Å². The van der Waals surface area contributed by atoms with Crippen molar-refractivity contribution in [3.8, 4) is 11.5 Å². The topological polar surface area (TPSA) is 140 Å². The summed E-state index contributed by atoms with van der Waals surface area (Å²) in [7, 11) is 0. The summed E-state index contributed by atoms with van der Waals surface area (Å²) >= 11 is 0. The monoisotopic (exact) mass is 370 g/mol. The molecule has 1 heterocycles. The van der Waals surface area contributed by atoms with Gasteiger partial charge >= 0.3 is 0 Å². The highest BCUT2D eigenvalue weighted by atomic mass is 16.3. The number of amides is 1. The fourth-order valence-corrected chi connectivity index (χ4v) is 2.36. The van der Waals surface area contributed by atoms with Crippen LogP contribution in [0, 0.1) is 0 Å². The average Bonchev–Trinajstić information content (AvgIpc) is 2.68. The third-order valence-electron chi connectivity index (χ3n) is 3.71. The minimum atomic E-state index is -1.00. The molecular weight excluding hydrogens is 352 g/mol. The SMILES string of the molecule is O=C(NC[C@H](O)c1ccc(O)c(O)c1)c1ccc2cccnc2c1.O=CO. The molecule has 5 N–H and O–H groups in total. The number of aromatic hydroxyl groups is 2. The van der Waals surface area contributed by atoms with Crippen LogP contribution in [-0.4, -0.2) is 44.3 Å². The molecule has 0 aliphatic heterocycles. The van der Waals surface area contributed by atoms with Crippen molar-refractivity contribution in [2.24, 2.45) is 0 Å². The molecule has 0 aliphatic rings. The van der Waals surface area contributed by atoms with Crippen molar-refractivity contribution in [3.63, 3.8) is 0 Å². The van der Waals surface area contributed by atoms with Crippen LogP contribution in [-0.2, 0) is 4.79 Å². The number of hydrogen-bond acceptors (Lipinski definition) is 6. The first-order chi connectivity index (χ1) is 13.0. The van der Waals surface area contributed by atoms with Gasteiger partial charge in [-0.1, -0.05) is 18.2 Å². The van der Waals surface area contributed by atoms with Crippen LogP contribution in [0.3, 0.4) is 0 Å². The highest BCUT2D eigenvalue weighted by molar-refractivity contribution is 5.97. The van der Waals surface area contributed by atoms with E-state index in [2.05, 4.69) is 10.3 Å². The first-order valence-corrected chi connectivity index (χ1v) is 7.87. The number of carbonyl (C=O) groups excluding carboxylic acids is 1. The molecule has 27 heavy (non-hydrogen) atoms.